The third-order valence-corrected chi connectivity index (χ3v) is 5.31. The average Bonchev–Trinajstić information content (AvgIpc) is 3.21. The summed E-state index contributed by atoms with van der Waals surface area (Å²) >= 11 is 0.848. The average molecular weight is 360 g/mol. The van der Waals surface area contributed by atoms with Gasteiger partial charge in [0.1, 0.15) is 6.54 Å². The summed E-state index contributed by atoms with van der Waals surface area (Å²) in [6.07, 6.45) is 4.15. The van der Waals surface area contributed by atoms with Gasteiger partial charge in [0, 0.05) is 18.8 Å². The van der Waals surface area contributed by atoms with Crippen LogP contribution in [0, 0.1) is 6.92 Å². The number of ether oxygens (including phenoxy) is 1. The number of hydrogen-bond donors (Lipinski definition) is 0. The largest absolute Gasteiger partial charge is 0.468 e. The van der Waals surface area contributed by atoms with E-state index in [4.69, 9.17) is 0 Å². The monoisotopic (exact) mass is 360 g/mol. The third-order valence-electron chi connectivity index (χ3n) is 4.40. The smallest absolute Gasteiger partial charge is 0.325 e. The predicted octanol–water partition coefficient (Wildman–Crippen LogP) is 2.80. The van der Waals surface area contributed by atoms with Gasteiger partial charge in [-0.25, -0.2) is 0 Å². The van der Waals surface area contributed by atoms with Crippen molar-refractivity contribution in [3.05, 3.63) is 34.2 Å². The Labute approximate surface area is 150 Å². The molecule has 1 aromatic rings. The summed E-state index contributed by atoms with van der Waals surface area (Å²) in [5, 5.41) is -0.451. The number of amides is 2. The maximum Gasteiger partial charge on any atom is 0.325 e. The first-order valence-corrected chi connectivity index (χ1v) is 8.99. The zero-order chi connectivity index (χ0) is 18.0. The van der Waals surface area contributed by atoms with Crippen molar-refractivity contribution in [2.24, 2.45) is 0 Å². The van der Waals surface area contributed by atoms with Gasteiger partial charge in [0.15, 0.2) is 0 Å². The molecular formula is C18H20N2O4S. The van der Waals surface area contributed by atoms with Crippen LogP contribution < -0.4 is 4.90 Å². The van der Waals surface area contributed by atoms with E-state index in [0.29, 0.717) is 4.91 Å². The van der Waals surface area contributed by atoms with Crippen LogP contribution in [0.3, 0.4) is 0 Å². The number of benzene rings is 1. The van der Waals surface area contributed by atoms with Crippen LogP contribution in [0.15, 0.2) is 23.1 Å². The van der Waals surface area contributed by atoms with Crippen molar-refractivity contribution >= 4 is 40.6 Å². The van der Waals surface area contributed by atoms with Crippen molar-refractivity contribution in [1.29, 1.82) is 0 Å². The molecule has 0 saturated carbocycles. The van der Waals surface area contributed by atoms with E-state index < -0.39 is 17.1 Å². The number of imide groups is 1. The second-order valence-corrected chi connectivity index (χ2v) is 7.07. The molecule has 1 aromatic carbocycles. The topological polar surface area (TPSA) is 66.9 Å². The predicted molar refractivity (Wildman–Crippen MR) is 97.3 cm³/mol. The lowest BCUT2D eigenvalue weighted by atomic mass is 10.1. The molecule has 25 heavy (non-hydrogen) atoms. The highest BCUT2D eigenvalue weighted by Crippen LogP contribution is 2.33. The molecule has 2 aliphatic heterocycles. The number of methoxy groups -OCH3 is 1. The number of carbonyl (C=O) groups excluding carboxylic acids is 3. The number of thioether (sulfide) groups is 1. The first-order chi connectivity index (χ1) is 12.0. The molecule has 3 rings (SSSR count). The van der Waals surface area contributed by atoms with Gasteiger partial charge in [-0.05, 0) is 60.9 Å². The summed E-state index contributed by atoms with van der Waals surface area (Å²) in [6, 6.07) is 6.12. The first-order valence-electron chi connectivity index (χ1n) is 8.17. The van der Waals surface area contributed by atoms with E-state index in [1.165, 1.54) is 25.6 Å². The molecule has 0 bridgehead atoms. The van der Waals surface area contributed by atoms with E-state index in [9.17, 15) is 14.4 Å². The summed E-state index contributed by atoms with van der Waals surface area (Å²) in [6.45, 7) is 3.78. The Morgan fingerprint density at radius 1 is 1.28 bits per heavy atom. The van der Waals surface area contributed by atoms with Crippen molar-refractivity contribution in [3.63, 3.8) is 0 Å². The van der Waals surface area contributed by atoms with Crippen LogP contribution >= 0.6 is 11.8 Å². The molecule has 0 aromatic heterocycles. The molecule has 0 atom stereocenters. The summed E-state index contributed by atoms with van der Waals surface area (Å²) < 4.78 is 4.52. The van der Waals surface area contributed by atoms with E-state index >= 15 is 0 Å². The fraction of sp³-hybridized carbons (Fsp3) is 0.389. The van der Waals surface area contributed by atoms with Gasteiger partial charge in [0.05, 0.1) is 12.0 Å². The van der Waals surface area contributed by atoms with Crippen LogP contribution in [0.2, 0.25) is 0 Å². The van der Waals surface area contributed by atoms with E-state index in [-0.39, 0.29) is 6.54 Å². The number of nitrogens with zero attached hydrogens (tertiary/aromatic N) is 2. The number of rotatable bonds is 4. The molecule has 7 heteroatoms. The zero-order valence-electron chi connectivity index (χ0n) is 14.3. The van der Waals surface area contributed by atoms with Crippen molar-refractivity contribution in [3.8, 4) is 0 Å². The van der Waals surface area contributed by atoms with Gasteiger partial charge in [0.2, 0.25) is 0 Å². The Hall–Kier alpha value is -2.28. The van der Waals surface area contributed by atoms with Crippen molar-refractivity contribution < 1.29 is 19.1 Å². The minimum absolute atomic E-state index is 0.325. The van der Waals surface area contributed by atoms with Gasteiger partial charge in [-0.2, -0.15) is 0 Å². The van der Waals surface area contributed by atoms with Crippen LogP contribution in [-0.2, 0) is 14.3 Å². The molecule has 6 nitrogen and oxygen atoms in total. The van der Waals surface area contributed by atoms with Crippen molar-refractivity contribution in [2.45, 2.75) is 19.8 Å². The summed E-state index contributed by atoms with van der Waals surface area (Å²) in [7, 11) is 1.22. The maximum atomic E-state index is 12.4. The van der Waals surface area contributed by atoms with Crippen molar-refractivity contribution in [2.75, 3.05) is 31.6 Å². The fourth-order valence-electron chi connectivity index (χ4n) is 2.97. The second-order valence-electron chi connectivity index (χ2n) is 6.08. The molecule has 2 saturated heterocycles. The minimum atomic E-state index is -0.616. The lowest BCUT2D eigenvalue weighted by molar-refractivity contribution is -0.143. The molecule has 2 amide bonds. The standard InChI is InChI=1S/C18H20N2O4S/c1-12-9-14(19-7-3-4-8-19)6-5-13(12)10-15-17(22)20(18(23)25-15)11-16(21)24-2/h5-6,9-10H,3-4,7-8,11H2,1-2H3/b15-10+. The normalized spacial score (nSPS) is 19.2. The van der Waals surface area contributed by atoms with Crippen LogP contribution in [0.25, 0.3) is 6.08 Å². The molecule has 0 radical (unpaired) electrons. The SMILES string of the molecule is COC(=O)CN1C(=O)S/C(=C/c2ccc(N3CCCC3)cc2C)C1=O. The molecule has 2 fully saturated rings. The Morgan fingerprint density at radius 3 is 2.64 bits per heavy atom. The van der Waals surface area contributed by atoms with Gasteiger partial charge in [-0.3, -0.25) is 19.3 Å². The van der Waals surface area contributed by atoms with Gasteiger partial charge in [0.25, 0.3) is 11.1 Å². The molecule has 0 aliphatic carbocycles. The lowest BCUT2D eigenvalue weighted by Gasteiger charge is -2.18. The molecule has 2 heterocycles. The van der Waals surface area contributed by atoms with Gasteiger partial charge < -0.3 is 9.64 Å². The summed E-state index contributed by atoms with van der Waals surface area (Å²) in [5.74, 6) is -1.07. The molecular weight excluding hydrogens is 340 g/mol. The van der Waals surface area contributed by atoms with E-state index in [1.807, 2.05) is 19.1 Å². The Balaban J connectivity index is 1.79. The highest BCUT2D eigenvalue weighted by atomic mass is 32.2. The van der Waals surface area contributed by atoms with E-state index in [2.05, 4.69) is 15.7 Å². The Kier molecular flexibility index (Phi) is 5.13. The Morgan fingerprint density at radius 2 is 2.00 bits per heavy atom. The Bertz CT molecular complexity index is 753. The van der Waals surface area contributed by atoms with Crippen molar-refractivity contribution in [1.82, 2.24) is 4.90 Å². The summed E-state index contributed by atoms with van der Waals surface area (Å²) in [5.41, 5.74) is 3.13. The molecule has 132 valence electrons. The number of esters is 1. The molecule has 0 N–H and O–H groups in total. The second kappa shape index (κ2) is 7.31. The number of anilines is 1. The number of carbonyl (C=O) groups is 3. The van der Waals surface area contributed by atoms with Crippen LogP contribution in [0.5, 0.6) is 0 Å². The van der Waals surface area contributed by atoms with Gasteiger partial charge >= 0.3 is 5.97 Å². The highest BCUT2D eigenvalue weighted by molar-refractivity contribution is 8.18. The number of hydrogen-bond acceptors (Lipinski definition) is 6. The van der Waals surface area contributed by atoms with Crippen LogP contribution in [0.1, 0.15) is 24.0 Å². The van der Waals surface area contributed by atoms with Gasteiger partial charge in [-0.15, -0.1) is 0 Å². The van der Waals surface area contributed by atoms with E-state index in [0.717, 1.165) is 40.9 Å². The molecule has 0 unspecified atom stereocenters. The summed E-state index contributed by atoms with van der Waals surface area (Å²) in [4.78, 5) is 39.2. The van der Waals surface area contributed by atoms with E-state index in [1.54, 1.807) is 6.08 Å². The van der Waals surface area contributed by atoms with Gasteiger partial charge in [-0.1, -0.05) is 6.07 Å². The molecule has 2 aliphatic rings. The fourth-order valence-corrected chi connectivity index (χ4v) is 3.79. The van der Waals surface area contributed by atoms with Crippen LogP contribution in [-0.4, -0.2) is 48.8 Å². The maximum absolute atomic E-state index is 12.4. The van der Waals surface area contributed by atoms with Crippen LogP contribution in [0.4, 0.5) is 10.5 Å². The third kappa shape index (κ3) is 3.71. The lowest BCUT2D eigenvalue weighted by Crippen LogP contribution is -2.34. The highest BCUT2D eigenvalue weighted by Gasteiger charge is 2.36. The quantitative estimate of drug-likeness (QED) is 0.608. The first kappa shape index (κ1) is 17.5. The molecule has 0 spiro atoms. The minimum Gasteiger partial charge on any atom is -0.468 e. The number of aryl methyl sites for hydroxylation is 1. The zero-order valence-corrected chi connectivity index (χ0v) is 15.1.